The van der Waals surface area contributed by atoms with Crippen molar-refractivity contribution in [1.29, 1.82) is 0 Å². The van der Waals surface area contributed by atoms with Gasteiger partial charge in [-0.2, -0.15) is 0 Å². The lowest BCUT2D eigenvalue weighted by molar-refractivity contribution is -0.139. The molecule has 1 atom stereocenters. The molecule has 0 aromatic rings. The van der Waals surface area contributed by atoms with Crippen molar-refractivity contribution in [2.75, 3.05) is 32.7 Å². The van der Waals surface area contributed by atoms with Gasteiger partial charge in [0.25, 0.3) is 0 Å². The van der Waals surface area contributed by atoms with Gasteiger partial charge in [-0.3, -0.25) is 19.3 Å². The Hall–Kier alpha value is -1.63. The lowest BCUT2D eigenvalue weighted by Crippen LogP contribution is -2.57. The monoisotopic (exact) mass is 366 g/mol. The number of rotatable bonds is 8. The quantitative estimate of drug-likeness (QED) is 0.659. The van der Waals surface area contributed by atoms with E-state index in [9.17, 15) is 14.4 Å². The molecule has 0 bridgehead atoms. The molecule has 1 unspecified atom stereocenters. The zero-order valence-electron chi connectivity index (χ0n) is 16.6. The molecular formula is C19H34N4O3. The number of piperazine rings is 1. The maximum atomic E-state index is 12.9. The zero-order chi connectivity index (χ0) is 19.3. The molecular weight excluding hydrogens is 332 g/mol. The highest BCUT2D eigenvalue weighted by atomic mass is 16.2. The van der Waals surface area contributed by atoms with Gasteiger partial charge in [0.05, 0.1) is 6.54 Å². The van der Waals surface area contributed by atoms with Gasteiger partial charge in [0.2, 0.25) is 17.7 Å². The minimum Gasteiger partial charge on any atom is -0.352 e. The standard InChI is InChI=1S/C19H34N4O3/c1-13(2)11-16(24)21-18(14(3)4)19(26)23-9-7-22(8-10-23)12-17(25)20-15-5-6-15/h13-15,18H,5-12H2,1-4H3,(H,20,25)(H,21,24). The Bertz CT molecular complexity index is 509. The third-order valence-corrected chi connectivity index (χ3v) is 4.84. The maximum absolute atomic E-state index is 12.9. The summed E-state index contributed by atoms with van der Waals surface area (Å²) in [5, 5.41) is 5.91. The predicted octanol–water partition coefficient (Wildman–Crippen LogP) is 0.596. The van der Waals surface area contributed by atoms with Crippen molar-refractivity contribution in [3.63, 3.8) is 0 Å². The first-order valence-electron chi connectivity index (χ1n) is 9.86. The molecule has 148 valence electrons. The van der Waals surface area contributed by atoms with E-state index in [4.69, 9.17) is 0 Å². The first-order valence-corrected chi connectivity index (χ1v) is 9.86. The van der Waals surface area contributed by atoms with Gasteiger partial charge >= 0.3 is 0 Å². The fourth-order valence-corrected chi connectivity index (χ4v) is 3.14. The van der Waals surface area contributed by atoms with E-state index in [-0.39, 0.29) is 29.6 Å². The lowest BCUT2D eigenvalue weighted by Gasteiger charge is -2.37. The summed E-state index contributed by atoms with van der Waals surface area (Å²) in [5.74, 6) is 0.305. The predicted molar refractivity (Wildman–Crippen MR) is 100 cm³/mol. The molecule has 7 nitrogen and oxygen atoms in total. The number of hydrogen-bond acceptors (Lipinski definition) is 4. The second kappa shape index (κ2) is 9.35. The minimum atomic E-state index is -0.481. The van der Waals surface area contributed by atoms with Crippen LogP contribution in [0.1, 0.15) is 47.0 Å². The second-order valence-electron chi connectivity index (χ2n) is 8.33. The molecule has 2 fully saturated rings. The van der Waals surface area contributed by atoms with Crippen LogP contribution in [-0.4, -0.2) is 72.3 Å². The molecule has 0 aromatic carbocycles. The van der Waals surface area contributed by atoms with Crippen LogP contribution in [0.15, 0.2) is 0 Å². The summed E-state index contributed by atoms with van der Waals surface area (Å²) >= 11 is 0. The van der Waals surface area contributed by atoms with Crippen LogP contribution in [0.4, 0.5) is 0 Å². The molecule has 3 amide bonds. The summed E-state index contributed by atoms with van der Waals surface area (Å²) in [6.45, 7) is 10.9. The van der Waals surface area contributed by atoms with Crippen molar-refractivity contribution >= 4 is 17.7 Å². The van der Waals surface area contributed by atoms with Gasteiger partial charge in [-0.1, -0.05) is 27.7 Å². The average molecular weight is 367 g/mol. The average Bonchev–Trinajstić information content (AvgIpc) is 3.35. The molecule has 0 aromatic heterocycles. The number of carbonyl (C=O) groups is 3. The van der Waals surface area contributed by atoms with Crippen LogP contribution >= 0.6 is 0 Å². The van der Waals surface area contributed by atoms with Gasteiger partial charge < -0.3 is 15.5 Å². The van der Waals surface area contributed by atoms with Crippen molar-refractivity contribution in [2.24, 2.45) is 11.8 Å². The smallest absolute Gasteiger partial charge is 0.245 e. The van der Waals surface area contributed by atoms with Gasteiger partial charge in [-0.15, -0.1) is 0 Å². The SMILES string of the molecule is CC(C)CC(=O)NC(C(=O)N1CCN(CC(=O)NC2CC2)CC1)C(C)C. The van der Waals surface area contributed by atoms with E-state index in [1.54, 1.807) is 0 Å². The molecule has 2 N–H and O–H groups in total. The van der Waals surface area contributed by atoms with Gasteiger partial charge in [0.1, 0.15) is 6.04 Å². The second-order valence-corrected chi connectivity index (χ2v) is 8.33. The van der Waals surface area contributed by atoms with Crippen molar-refractivity contribution < 1.29 is 14.4 Å². The number of nitrogens with zero attached hydrogens (tertiary/aromatic N) is 2. The molecule has 1 aliphatic heterocycles. The Morgan fingerprint density at radius 1 is 0.962 bits per heavy atom. The van der Waals surface area contributed by atoms with Gasteiger partial charge in [0, 0.05) is 38.6 Å². The van der Waals surface area contributed by atoms with Crippen molar-refractivity contribution in [2.45, 2.75) is 59.0 Å². The number of carbonyl (C=O) groups excluding carboxylic acids is 3. The molecule has 2 aliphatic rings. The molecule has 0 spiro atoms. The fraction of sp³-hybridized carbons (Fsp3) is 0.842. The molecule has 2 rings (SSSR count). The van der Waals surface area contributed by atoms with E-state index in [0.717, 1.165) is 12.8 Å². The number of hydrogen-bond donors (Lipinski definition) is 2. The molecule has 1 heterocycles. The highest BCUT2D eigenvalue weighted by Crippen LogP contribution is 2.18. The summed E-state index contributed by atoms with van der Waals surface area (Å²) in [6, 6.07) is -0.0995. The summed E-state index contributed by atoms with van der Waals surface area (Å²) < 4.78 is 0. The highest BCUT2D eigenvalue weighted by Gasteiger charge is 2.31. The lowest BCUT2D eigenvalue weighted by atomic mass is 10.0. The van der Waals surface area contributed by atoms with Gasteiger partial charge in [-0.05, 0) is 24.7 Å². The fourth-order valence-electron chi connectivity index (χ4n) is 3.14. The van der Waals surface area contributed by atoms with Gasteiger partial charge in [0.15, 0.2) is 0 Å². The first-order chi connectivity index (χ1) is 12.3. The Balaban J connectivity index is 1.80. The Labute approximate surface area is 156 Å². The Morgan fingerprint density at radius 2 is 1.58 bits per heavy atom. The molecule has 7 heteroatoms. The first kappa shape index (κ1) is 20.7. The summed E-state index contributed by atoms with van der Waals surface area (Å²) in [7, 11) is 0. The van der Waals surface area contributed by atoms with Crippen molar-refractivity contribution in [3.8, 4) is 0 Å². The van der Waals surface area contributed by atoms with Crippen LogP contribution in [0.3, 0.4) is 0 Å². The Morgan fingerprint density at radius 3 is 2.08 bits per heavy atom. The summed E-state index contributed by atoms with van der Waals surface area (Å²) in [5.41, 5.74) is 0. The van der Waals surface area contributed by atoms with Crippen molar-refractivity contribution in [1.82, 2.24) is 20.4 Å². The van der Waals surface area contributed by atoms with E-state index in [0.29, 0.717) is 45.2 Å². The van der Waals surface area contributed by atoms with E-state index >= 15 is 0 Å². The largest absolute Gasteiger partial charge is 0.352 e. The minimum absolute atomic E-state index is 0.0146. The topological polar surface area (TPSA) is 81.8 Å². The van der Waals surface area contributed by atoms with E-state index < -0.39 is 6.04 Å². The third-order valence-electron chi connectivity index (χ3n) is 4.84. The van der Waals surface area contributed by atoms with Crippen LogP contribution in [0.2, 0.25) is 0 Å². The highest BCUT2D eigenvalue weighted by molar-refractivity contribution is 5.88. The molecule has 1 saturated heterocycles. The summed E-state index contributed by atoms with van der Waals surface area (Å²) in [4.78, 5) is 40.7. The third kappa shape index (κ3) is 6.59. The normalized spacial score (nSPS) is 19.5. The van der Waals surface area contributed by atoms with E-state index in [1.807, 2.05) is 32.6 Å². The molecule has 26 heavy (non-hydrogen) atoms. The molecule has 1 saturated carbocycles. The van der Waals surface area contributed by atoms with Crippen LogP contribution in [0, 0.1) is 11.8 Å². The number of amides is 3. The molecule has 1 aliphatic carbocycles. The maximum Gasteiger partial charge on any atom is 0.245 e. The summed E-state index contributed by atoms with van der Waals surface area (Å²) in [6.07, 6.45) is 2.61. The van der Waals surface area contributed by atoms with Gasteiger partial charge in [-0.25, -0.2) is 0 Å². The zero-order valence-corrected chi connectivity index (χ0v) is 16.6. The van der Waals surface area contributed by atoms with Crippen LogP contribution in [-0.2, 0) is 14.4 Å². The van der Waals surface area contributed by atoms with Crippen LogP contribution in [0.5, 0.6) is 0 Å². The number of nitrogens with one attached hydrogen (secondary N) is 2. The van der Waals surface area contributed by atoms with Crippen LogP contribution < -0.4 is 10.6 Å². The molecule has 0 radical (unpaired) electrons. The van der Waals surface area contributed by atoms with Crippen LogP contribution in [0.25, 0.3) is 0 Å². The van der Waals surface area contributed by atoms with E-state index in [2.05, 4.69) is 15.5 Å². The van der Waals surface area contributed by atoms with E-state index in [1.165, 1.54) is 0 Å². The van der Waals surface area contributed by atoms with Crippen molar-refractivity contribution in [3.05, 3.63) is 0 Å². The Kier molecular flexibility index (Phi) is 7.43.